The standard InChI is InChI=1S/C20H18Cl3N7O/c1-12-19(23)13(2)30(25-12)11-29-8-6-17(26-29)20(31)24-18-7-9-28(27-18)10-14-15(21)4-3-5-16(14)22/h3-9H,10-11H2,1-2H3,(H,24,27,31). The summed E-state index contributed by atoms with van der Waals surface area (Å²) in [6.45, 7) is 4.45. The van der Waals surface area contributed by atoms with Gasteiger partial charge in [0, 0.05) is 34.1 Å². The van der Waals surface area contributed by atoms with Gasteiger partial charge in [-0.05, 0) is 32.0 Å². The summed E-state index contributed by atoms with van der Waals surface area (Å²) in [4.78, 5) is 12.6. The number of hydrogen-bond donors (Lipinski definition) is 1. The van der Waals surface area contributed by atoms with E-state index in [4.69, 9.17) is 34.8 Å². The van der Waals surface area contributed by atoms with Crippen LogP contribution in [0, 0.1) is 13.8 Å². The van der Waals surface area contributed by atoms with Crippen LogP contribution < -0.4 is 5.32 Å². The zero-order valence-electron chi connectivity index (χ0n) is 16.7. The average molecular weight is 479 g/mol. The molecule has 11 heteroatoms. The summed E-state index contributed by atoms with van der Waals surface area (Å²) in [6.07, 6.45) is 3.44. The van der Waals surface area contributed by atoms with Crippen molar-refractivity contribution in [1.82, 2.24) is 29.3 Å². The van der Waals surface area contributed by atoms with Crippen molar-refractivity contribution in [2.75, 3.05) is 5.32 Å². The van der Waals surface area contributed by atoms with E-state index in [1.807, 2.05) is 13.8 Å². The first-order valence-electron chi connectivity index (χ1n) is 9.32. The van der Waals surface area contributed by atoms with Gasteiger partial charge in [0.2, 0.25) is 0 Å². The maximum absolute atomic E-state index is 12.6. The van der Waals surface area contributed by atoms with E-state index in [1.165, 1.54) is 0 Å². The third kappa shape index (κ3) is 4.61. The molecule has 4 rings (SSSR count). The van der Waals surface area contributed by atoms with Gasteiger partial charge >= 0.3 is 0 Å². The van der Waals surface area contributed by atoms with Crippen LogP contribution in [0.1, 0.15) is 27.4 Å². The van der Waals surface area contributed by atoms with Crippen molar-refractivity contribution >= 4 is 46.5 Å². The second kappa shape index (κ2) is 8.74. The maximum atomic E-state index is 12.6. The number of amides is 1. The highest BCUT2D eigenvalue weighted by Crippen LogP contribution is 2.25. The Morgan fingerprint density at radius 1 is 0.968 bits per heavy atom. The van der Waals surface area contributed by atoms with Crippen LogP contribution in [0.25, 0.3) is 0 Å². The Morgan fingerprint density at radius 2 is 1.68 bits per heavy atom. The lowest BCUT2D eigenvalue weighted by Gasteiger charge is -2.07. The molecule has 160 valence electrons. The zero-order valence-corrected chi connectivity index (χ0v) is 18.9. The van der Waals surface area contributed by atoms with E-state index in [0.29, 0.717) is 34.1 Å². The highest BCUT2D eigenvalue weighted by atomic mass is 35.5. The Kier molecular flexibility index (Phi) is 6.04. The van der Waals surface area contributed by atoms with Gasteiger partial charge in [-0.3, -0.25) is 14.2 Å². The zero-order chi connectivity index (χ0) is 22.1. The van der Waals surface area contributed by atoms with Crippen LogP contribution in [0.4, 0.5) is 5.82 Å². The Hall–Kier alpha value is -2.81. The molecule has 1 aromatic carbocycles. The summed E-state index contributed by atoms with van der Waals surface area (Å²) in [5, 5.41) is 17.5. The molecule has 0 aliphatic rings. The molecule has 3 aromatic heterocycles. The molecule has 1 N–H and O–H groups in total. The molecule has 0 saturated carbocycles. The molecule has 0 atom stereocenters. The molecule has 0 spiro atoms. The number of benzene rings is 1. The van der Waals surface area contributed by atoms with Gasteiger partial charge in [0.05, 0.1) is 23.0 Å². The number of anilines is 1. The first-order chi connectivity index (χ1) is 14.8. The smallest absolute Gasteiger partial charge is 0.277 e. The molecule has 0 radical (unpaired) electrons. The van der Waals surface area contributed by atoms with Crippen LogP contribution in [-0.2, 0) is 13.2 Å². The monoisotopic (exact) mass is 477 g/mol. The molecule has 8 nitrogen and oxygen atoms in total. The number of rotatable bonds is 6. The predicted molar refractivity (Wildman–Crippen MR) is 120 cm³/mol. The summed E-state index contributed by atoms with van der Waals surface area (Å²) in [5.74, 6) is 0.0271. The second-order valence-corrected chi connectivity index (χ2v) is 8.11. The van der Waals surface area contributed by atoms with Crippen molar-refractivity contribution in [3.63, 3.8) is 0 Å². The van der Waals surface area contributed by atoms with Crippen molar-refractivity contribution in [2.24, 2.45) is 0 Å². The second-order valence-electron chi connectivity index (χ2n) is 6.92. The van der Waals surface area contributed by atoms with Crippen LogP contribution in [-0.4, -0.2) is 35.2 Å². The van der Waals surface area contributed by atoms with E-state index < -0.39 is 0 Å². The molecule has 0 saturated heterocycles. The number of nitrogens with one attached hydrogen (secondary N) is 1. The summed E-state index contributed by atoms with van der Waals surface area (Å²) in [6, 6.07) is 8.64. The first-order valence-corrected chi connectivity index (χ1v) is 10.5. The highest BCUT2D eigenvalue weighted by Gasteiger charge is 2.14. The summed E-state index contributed by atoms with van der Waals surface area (Å²) in [5.41, 5.74) is 2.61. The number of aromatic nitrogens is 6. The van der Waals surface area contributed by atoms with E-state index >= 15 is 0 Å². The van der Waals surface area contributed by atoms with Gasteiger partial charge in [0.1, 0.15) is 6.67 Å². The van der Waals surface area contributed by atoms with E-state index in [1.54, 1.807) is 56.8 Å². The lowest BCUT2D eigenvalue weighted by molar-refractivity contribution is 0.102. The van der Waals surface area contributed by atoms with E-state index in [-0.39, 0.29) is 11.6 Å². The van der Waals surface area contributed by atoms with Gasteiger partial charge in [-0.25, -0.2) is 4.68 Å². The van der Waals surface area contributed by atoms with Gasteiger partial charge in [0.15, 0.2) is 11.5 Å². The Labute approximate surface area is 193 Å². The molecule has 31 heavy (non-hydrogen) atoms. The number of hydrogen-bond acceptors (Lipinski definition) is 4. The third-order valence-corrected chi connectivity index (χ3v) is 5.96. The van der Waals surface area contributed by atoms with Gasteiger partial charge < -0.3 is 5.32 Å². The van der Waals surface area contributed by atoms with Crippen molar-refractivity contribution in [1.29, 1.82) is 0 Å². The number of carbonyl (C=O) groups excluding carboxylic acids is 1. The van der Waals surface area contributed by atoms with Crippen molar-refractivity contribution in [3.8, 4) is 0 Å². The van der Waals surface area contributed by atoms with E-state index in [0.717, 1.165) is 17.0 Å². The Morgan fingerprint density at radius 3 is 2.35 bits per heavy atom. The summed E-state index contributed by atoms with van der Waals surface area (Å²) in [7, 11) is 0. The lowest BCUT2D eigenvalue weighted by Crippen LogP contribution is -2.16. The third-order valence-electron chi connectivity index (χ3n) is 4.71. The van der Waals surface area contributed by atoms with Crippen molar-refractivity contribution in [2.45, 2.75) is 27.1 Å². The van der Waals surface area contributed by atoms with Gasteiger partial charge in [-0.2, -0.15) is 15.3 Å². The first kappa shape index (κ1) is 21.4. The van der Waals surface area contributed by atoms with Crippen LogP contribution in [0.2, 0.25) is 15.1 Å². The summed E-state index contributed by atoms with van der Waals surface area (Å²) < 4.78 is 4.99. The molecule has 1 amide bonds. The fourth-order valence-corrected chi connectivity index (χ4v) is 3.71. The molecule has 0 unspecified atom stereocenters. The average Bonchev–Trinajstić information content (AvgIpc) is 3.43. The topological polar surface area (TPSA) is 82.6 Å². The Bertz CT molecular complexity index is 1240. The molecule has 0 aliphatic heterocycles. The van der Waals surface area contributed by atoms with Gasteiger partial charge in [-0.1, -0.05) is 40.9 Å². The number of halogens is 3. The quantitative estimate of drug-likeness (QED) is 0.437. The molecule has 0 fully saturated rings. The summed E-state index contributed by atoms with van der Waals surface area (Å²) >= 11 is 18.6. The van der Waals surface area contributed by atoms with Crippen LogP contribution in [0.3, 0.4) is 0 Å². The van der Waals surface area contributed by atoms with Gasteiger partial charge in [0.25, 0.3) is 5.91 Å². The number of aryl methyl sites for hydroxylation is 1. The van der Waals surface area contributed by atoms with E-state index in [9.17, 15) is 4.79 Å². The highest BCUT2D eigenvalue weighted by molar-refractivity contribution is 6.36. The van der Waals surface area contributed by atoms with E-state index in [2.05, 4.69) is 20.6 Å². The molecular formula is C20H18Cl3N7O. The molecule has 4 aromatic rings. The SMILES string of the molecule is Cc1nn(Cn2ccc(C(=O)Nc3ccn(Cc4c(Cl)cccc4Cl)n3)n2)c(C)c1Cl. The number of nitrogens with zero attached hydrogens (tertiary/aromatic N) is 6. The molecule has 3 heterocycles. The molecular weight excluding hydrogens is 461 g/mol. The molecule has 0 aliphatic carbocycles. The molecule has 0 bridgehead atoms. The fourth-order valence-electron chi connectivity index (χ4n) is 3.05. The largest absolute Gasteiger partial charge is 0.304 e. The maximum Gasteiger partial charge on any atom is 0.277 e. The minimum atomic E-state index is -0.369. The predicted octanol–water partition coefficient (Wildman–Crippen LogP) is 4.66. The minimum Gasteiger partial charge on any atom is -0.304 e. The lowest BCUT2D eigenvalue weighted by atomic mass is 10.2. The number of carbonyl (C=O) groups is 1. The fraction of sp³-hybridized carbons (Fsp3) is 0.200. The Balaban J connectivity index is 1.42. The minimum absolute atomic E-state index is 0.260. The van der Waals surface area contributed by atoms with Crippen LogP contribution in [0.15, 0.2) is 42.7 Å². The van der Waals surface area contributed by atoms with Crippen LogP contribution >= 0.6 is 34.8 Å². The normalized spacial score (nSPS) is 11.1. The van der Waals surface area contributed by atoms with Crippen molar-refractivity contribution in [3.05, 3.63) is 80.4 Å². The van der Waals surface area contributed by atoms with Gasteiger partial charge in [-0.15, -0.1) is 0 Å². The van der Waals surface area contributed by atoms with Crippen molar-refractivity contribution < 1.29 is 4.79 Å². The van der Waals surface area contributed by atoms with Crippen LogP contribution in [0.5, 0.6) is 0 Å².